The van der Waals surface area contributed by atoms with Gasteiger partial charge in [-0.25, -0.2) is 0 Å². The van der Waals surface area contributed by atoms with Crippen molar-refractivity contribution in [1.82, 2.24) is 0 Å². The number of rotatable bonds is 0. The molecule has 0 aromatic carbocycles. The van der Waals surface area contributed by atoms with Gasteiger partial charge >= 0.3 is 0 Å². The van der Waals surface area contributed by atoms with E-state index in [0.717, 1.165) is 0 Å². The van der Waals surface area contributed by atoms with Gasteiger partial charge in [0.15, 0.2) is 0 Å². The highest BCUT2D eigenvalue weighted by Crippen LogP contribution is 1.53. The molecule has 4 heavy (non-hydrogen) atoms. The fourth-order valence-electron chi connectivity index (χ4n) is 0. The maximum absolute atomic E-state index is 9.33. The fourth-order valence-corrected chi connectivity index (χ4v) is 0. The third-order valence-corrected chi connectivity index (χ3v) is 0. The van der Waals surface area contributed by atoms with Crippen molar-refractivity contribution in [3.05, 3.63) is 6.26 Å². The molecular formula is C2H4OS-. The van der Waals surface area contributed by atoms with Crippen LogP contribution in [0.4, 0.5) is 0 Å². The average molecular weight is 76.1 g/mol. The highest BCUT2D eigenvalue weighted by Gasteiger charge is 1.40. The summed E-state index contributed by atoms with van der Waals surface area (Å²) in [4.78, 5) is 0. The molecule has 1 nitrogen and oxygen atoms in total. The van der Waals surface area contributed by atoms with Crippen LogP contribution in [-0.4, -0.2) is 10.5 Å². The molecular weight excluding hydrogens is 72.1 g/mol. The van der Waals surface area contributed by atoms with Crippen LogP contribution in [0.15, 0.2) is 0 Å². The van der Waals surface area contributed by atoms with E-state index in [9.17, 15) is 4.21 Å². The molecule has 0 heterocycles. The second-order valence-electron chi connectivity index (χ2n) is 0.499. The zero-order valence-corrected chi connectivity index (χ0v) is 3.21. The van der Waals surface area contributed by atoms with Gasteiger partial charge in [0.2, 0.25) is 0 Å². The molecule has 0 aliphatic rings. The van der Waals surface area contributed by atoms with Crippen LogP contribution < -0.4 is 0 Å². The lowest BCUT2D eigenvalue weighted by atomic mass is 11.9. The summed E-state index contributed by atoms with van der Waals surface area (Å²) in [7, 11) is -1.11. The monoisotopic (exact) mass is 76.0 g/mol. The van der Waals surface area contributed by atoms with Gasteiger partial charge in [0.05, 0.1) is 0 Å². The maximum Gasteiger partial charge on any atom is -0.0208 e. The van der Waals surface area contributed by atoms with Crippen molar-refractivity contribution < 1.29 is 4.21 Å². The Balaban J connectivity index is 2.80. The highest BCUT2D eigenvalue weighted by atomic mass is 32.2. The molecule has 0 bridgehead atoms. The third-order valence-electron chi connectivity index (χ3n) is 0. The van der Waals surface area contributed by atoms with Crippen LogP contribution in [-0.2, 0) is 10.8 Å². The van der Waals surface area contributed by atoms with E-state index >= 15 is 0 Å². The molecule has 0 fully saturated rings. The van der Waals surface area contributed by atoms with Crippen LogP contribution in [0.5, 0.6) is 0 Å². The summed E-state index contributed by atoms with van der Waals surface area (Å²) in [5, 5.41) is 0. The predicted molar refractivity (Wildman–Crippen MR) is 18.4 cm³/mol. The predicted octanol–water partition coefficient (Wildman–Crippen LogP) is 0.0335. The topological polar surface area (TPSA) is 17.1 Å². The normalized spacial score (nSPS) is 15.5. The molecule has 0 saturated carbocycles. The number of hydrogen-bond acceptors (Lipinski definition) is 1. The van der Waals surface area contributed by atoms with Gasteiger partial charge in [0.1, 0.15) is 0 Å². The Morgan fingerprint density at radius 2 is 2.00 bits per heavy atom. The van der Waals surface area contributed by atoms with Crippen LogP contribution in [0.25, 0.3) is 0 Å². The van der Waals surface area contributed by atoms with Crippen molar-refractivity contribution >= 4 is 10.8 Å². The minimum atomic E-state index is -1.11. The van der Waals surface area contributed by atoms with Crippen molar-refractivity contribution in [3.63, 3.8) is 0 Å². The maximum atomic E-state index is 9.33. The standard InChI is InChI=1S/C2H4OS/c1-4(2)3/h1H,2H3/q-1. The summed E-state index contributed by atoms with van der Waals surface area (Å²) < 4.78 is 9.33. The van der Waals surface area contributed by atoms with Crippen LogP contribution in [0.2, 0.25) is 0 Å². The first-order chi connectivity index (χ1) is 1.73. The van der Waals surface area contributed by atoms with E-state index in [0.29, 0.717) is 0 Å². The van der Waals surface area contributed by atoms with Gasteiger partial charge in [0.25, 0.3) is 0 Å². The van der Waals surface area contributed by atoms with Crippen molar-refractivity contribution in [1.29, 1.82) is 0 Å². The van der Waals surface area contributed by atoms with E-state index in [4.69, 9.17) is 0 Å². The Morgan fingerprint density at radius 3 is 2.00 bits per heavy atom. The Hall–Kier alpha value is 0.150. The van der Waals surface area contributed by atoms with E-state index in [-0.39, 0.29) is 0 Å². The third kappa shape index (κ3) is 126. The van der Waals surface area contributed by atoms with Crippen molar-refractivity contribution in [2.24, 2.45) is 0 Å². The largest absolute Gasteiger partial charge is 0.392 e. The van der Waals surface area contributed by atoms with Crippen LogP contribution in [0.1, 0.15) is 0 Å². The van der Waals surface area contributed by atoms with Gasteiger partial charge in [-0.3, -0.25) is 4.21 Å². The first-order valence-corrected chi connectivity index (χ1v) is 2.43. The molecule has 25 valence electrons. The zero-order chi connectivity index (χ0) is 3.58. The van der Waals surface area contributed by atoms with E-state index in [1.165, 1.54) is 6.26 Å². The summed E-state index contributed by atoms with van der Waals surface area (Å²) in [5.41, 5.74) is 0. The minimum Gasteiger partial charge on any atom is -0.392 e. The van der Waals surface area contributed by atoms with Crippen LogP contribution in [0.3, 0.4) is 0 Å². The second kappa shape index (κ2) is 1.47. The molecule has 0 spiro atoms. The quantitative estimate of drug-likeness (QED) is 0.372. The van der Waals surface area contributed by atoms with Gasteiger partial charge in [0, 0.05) is 0 Å². The van der Waals surface area contributed by atoms with Gasteiger partial charge in [-0.2, -0.15) is 10.8 Å². The Labute approximate surface area is 28.5 Å². The first-order valence-electron chi connectivity index (χ1n) is 0.811. The van der Waals surface area contributed by atoms with Crippen LogP contribution >= 0.6 is 0 Å². The molecule has 0 N–H and O–H groups in total. The molecule has 1 atom stereocenters. The second-order valence-corrected chi connectivity index (χ2v) is 1.50. The molecule has 0 amide bonds. The Bertz CT molecular complexity index is 29.0. The lowest BCUT2D eigenvalue weighted by molar-refractivity contribution is 0.691. The molecule has 0 aliphatic carbocycles. The summed E-state index contributed by atoms with van der Waals surface area (Å²) in [6, 6.07) is 0. The van der Waals surface area contributed by atoms with Gasteiger partial charge < -0.3 is 6.26 Å². The molecule has 1 radical (unpaired) electrons. The van der Waals surface area contributed by atoms with Crippen molar-refractivity contribution in [2.75, 3.05) is 6.26 Å². The molecule has 0 aromatic rings. The Kier molecular flexibility index (Phi) is 1.52. The summed E-state index contributed by atoms with van der Waals surface area (Å²) in [6.45, 7) is 0. The highest BCUT2D eigenvalue weighted by molar-refractivity contribution is 7.85. The zero-order valence-electron chi connectivity index (χ0n) is 2.39. The SMILES string of the molecule is [CH-]S(C)=O. The molecule has 2 heteroatoms. The molecule has 0 rings (SSSR count). The van der Waals surface area contributed by atoms with Crippen LogP contribution in [0, 0.1) is 6.26 Å². The Morgan fingerprint density at radius 1 is 2.00 bits per heavy atom. The molecule has 1 unspecified atom stereocenters. The smallest absolute Gasteiger partial charge is 0.0208 e. The number of hydrogen-bond donors (Lipinski definition) is 0. The summed E-state index contributed by atoms with van der Waals surface area (Å²) >= 11 is 0. The van der Waals surface area contributed by atoms with E-state index in [1.807, 2.05) is 0 Å². The van der Waals surface area contributed by atoms with Gasteiger partial charge in [-0.1, -0.05) is 0 Å². The lowest BCUT2D eigenvalue weighted by Gasteiger charge is -1.78. The minimum absolute atomic E-state index is 1.11. The van der Waals surface area contributed by atoms with Gasteiger partial charge in [-0.15, -0.1) is 0 Å². The molecule has 0 aliphatic heterocycles. The van der Waals surface area contributed by atoms with E-state index in [1.54, 1.807) is 0 Å². The summed E-state index contributed by atoms with van der Waals surface area (Å²) in [6.07, 6.45) is 6.00. The van der Waals surface area contributed by atoms with Crippen molar-refractivity contribution in [3.8, 4) is 0 Å². The molecule has 0 aromatic heterocycles. The van der Waals surface area contributed by atoms with E-state index < -0.39 is 10.8 Å². The lowest BCUT2D eigenvalue weighted by Crippen LogP contribution is -1.65. The molecule has 0 saturated heterocycles. The van der Waals surface area contributed by atoms with Crippen molar-refractivity contribution in [2.45, 2.75) is 0 Å². The average Bonchev–Trinajstić information content (AvgIpc) is 0.811. The van der Waals surface area contributed by atoms with Gasteiger partial charge in [-0.05, 0) is 6.26 Å². The first kappa shape index (κ1) is 4.15. The fraction of sp³-hybridized carbons (Fsp3) is 0.500. The summed E-state index contributed by atoms with van der Waals surface area (Å²) in [5.74, 6) is 0. The van der Waals surface area contributed by atoms with E-state index in [2.05, 4.69) is 6.26 Å².